The molecule has 0 aliphatic carbocycles. The van der Waals surface area contributed by atoms with Gasteiger partial charge in [-0.15, -0.1) is 0 Å². The summed E-state index contributed by atoms with van der Waals surface area (Å²) in [6.45, 7) is 2.41. The molecule has 2 N–H and O–H groups in total. The van der Waals surface area contributed by atoms with E-state index in [0.29, 0.717) is 23.8 Å². The highest BCUT2D eigenvalue weighted by molar-refractivity contribution is 5.51. The van der Waals surface area contributed by atoms with Crippen molar-refractivity contribution in [1.82, 2.24) is 0 Å². The fourth-order valence-corrected chi connectivity index (χ4v) is 1.56. The Hall–Kier alpha value is -2.23. The quantitative estimate of drug-likeness (QED) is 0.839. The second kappa shape index (κ2) is 5.40. The first-order valence-corrected chi connectivity index (χ1v) is 5.65. The molecule has 4 heteroatoms. The van der Waals surface area contributed by atoms with E-state index in [1.54, 1.807) is 36.4 Å². The van der Waals surface area contributed by atoms with Gasteiger partial charge in [0.25, 0.3) is 0 Å². The van der Waals surface area contributed by atoms with Crippen molar-refractivity contribution in [3.8, 4) is 17.2 Å². The molecule has 0 aliphatic heterocycles. The van der Waals surface area contributed by atoms with Crippen molar-refractivity contribution < 1.29 is 13.9 Å². The zero-order valence-corrected chi connectivity index (χ0v) is 10.0. The van der Waals surface area contributed by atoms with Crippen LogP contribution in [0.25, 0.3) is 0 Å². The lowest BCUT2D eigenvalue weighted by Gasteiger charge is -2.10. The van der Waals surface area contributed by atoms with Crippen LogP contribution in [0, 0.1) is 5.82 Å². The maximum absolute atomic E-state index is 13.4. The van der Waals surface area contributed by atoms with Crippen LogP contribution < -0.4 is 15.2 Å². The van der Waals surface area contributed by atoms with Crippen molar-refractivity contribution in [2.24, 2.45) is 0 Å². The Balaban J connectivity index is 2.26. The van der Waals surface area contributed by atoms with Gasteiger partial charge in [0, 0.05) is 23.9 Å². The van der Waals surface area contributed by atoms with Gasteiger partial charge >= 0.3 is 0 Å². The van der Waals surface area contributed by atoms with Crippen LogP contribution >= 0.6 is 0 Å². The van der Waals surface area contributed by atoms with Crippen LogP contribution in [0.5, 0.6) is 17.2 Å². The highest BCUT2D eigenvalue weighted by atomic mass is 19.1. The second-order valence-corrected chi connectivity index (χ2v) is 3.70. The summed E-state index contributed by atoms with van der Waals surface area (Å²) in [5.74, 6) is 0.788. The Morgan fingerprint density at radius 1 is 1.11 bits per heavy atom. The predicted octanol–water partition coefficient (Wildman–Crippen LogP) is 3.60. The average Bonchev–Trinajstić information content (AvgIpc) is 2.32. The zero-order chi connectivity index (χ0) is 13.0. The summed E-state index contributed by atoms with van der Waals surface area (Å²) in [4.78, 5) is 0. The smallest absolute Gasteiger partial charge is 0.165 e. The van der Waals surface area contributed by atoms with Gasteiger partial charge < -0.3 is 15.2 Å². The van der Waals surface area contributed by atoms with Crippen molar-refractivity contribution in [3.05, 3.63) is 48.3 Å². The number of hydrogen-bond donors (Lipinski definition) is 1. The first-order valence-electron chi connectivity index (χ1n) is 5.65. The van der Waals surface area contributed by atoms with Crippen molar-refractivity contribution in [2.45, 2.75) is 6.92 Å². The van der Waals surface area contributed by atoms with E-state index in [1.807, 2.05) is 6.92 Å². The monoisotopic (exact) mass is 247 g/mol. The van der Waals surface area contributed by atoms with E-state index in [9.17, 15) is 4.39 Å². The third-order valence-corrected chi connectivity index (χ3v) is 2.28. The summed E-state index contributed by atoms with van der Waals surface area (Å²) >= 11 is 0. The Labute approximate surface area is 105 Å². The molecule has 94 valence electrons. The van der Waals surface area contributed by atoms with Crippen molar-refractivity contribution in [2.75, 3.05) is 12.3 Å². The van der Waals surface area contributed by atoms with E-state index in [2.05, 4.69) is 0 Å². The average molecular weight is 247 g/mol. The SMILES string of the molecule is CCOc1cc(N)cc(Oc2ccccc2F)c1. The normalized spacial score (nSPS) is 10.1. The van der Waals surface area contributed by atoms with Crippen LogP contribution in [0.15, 0.2) is 42.5 Å². The second-order valence-electron chi connectivity index (χ2n) is 3.70. The molecule has 3 nitrogen and oxygen atoms in total. The number of benzene rings is 2. The van der Waals surface area contributed by atoms with Gasteiger partial charge in [0.1, 0.15) is 11.5 Å². The molecule has 0 amide bonds. The highest BCUT2D eigenvalue weighted by Gasteiger charge is 2.05. The minimum absolute atomic E-state index is 0.158. The molecule has 0 saturated heterocycles. The first-order chi connectivity index (χ1) is 8.69. The molecule has 0 atom stereocenters. The largest absolute Gasteiger partial charge is 0.494 e. The van der Waals surface area contributed by atoms with Crippen molar-refractivity contribution >= 4 is 5.69 Å². The van der Waals surface area contributed by atoms with Gasteiger partial charge in [0.2, 0.25) is 0 Å². The lowest BCUT2D eigenvalue weighted by Crippen LogP contribution is -1.95. The van der Waals surface area contributed by atoms with Gasteiger partial charge in [-0.05, 0) is 19.1 Å². The Morgan fingerprint density at radius 3 is 2.56 bits per heavy atom. The summed E-state index contributed by atoms with van der Waals surface area (Å²) in [5.41, 5.74) is 6.23. The van der Waals surface area contributed by atoms with E-state index in [4.69, 9.17) is 15.2 Å². The maximum atomic E-state index is 13.4. The minimum Gasteiger partial charge on any atom is -0.494 e. The van der Waals surface area contributed by atoms with Crippen molar-refractivity contribution in [3.63, 3.8) is 0 Å². The first kappa shape index (κ1) is 12.2. The number of para-hydroxylation sites is 1. The predicted molar refractivity (Wildman–Crippen MR) is 68.5 cm³/mol. The van der Waals surface area contributed by atoms with Crippen LogP contribution in [0.1, 0.15) is 6.92 Å². The number of hydrogen-bond acceptors (Lipinski definition) is 3. The van der Waals surface area contributed by atoms with E-state index in [0.717, 1.165) is 0 Å². The summed E-state index contributed by atoms with van der Waals surface area (Å²) in [7, 11) is 0. The molecule has 2 aromatic rings. The highest BCUT2D eigenvalue weighted by Crippen LogP contribution is 2.29. The summed E-state index contributed by atoms with van der Waals surface area (Å²) < 4.78 is 24.2. The van der Waals surface area contributed by atoms with Gasteiger partial charge in [0.05, 0.1) is 6.61 Å². The lowest BCUT2D eigenvalue weighted by molar-refractivity contribution is 0.338. The molecular formula is C14H14FNO2. The van der Waals surface area contributed by atoms with Crippen LogP contribution in [-0.2, 0) is 0 Å². The standard InChI is InChI=1S/C14H14FNO2/c1-2-17-11-7-10(16)8-12(9-11)18-14-6-4-3-5-13(14)15/h3-9H,2,16H2,1H3. The third kappa shape index (κ3) is 2.91. The molecule has 0 bridgehead atoms. The van der Waals surface area contributed by atoms with Gasteiger partial charge in [-0.1, -0.05) is 12.1 Å². The summed E-state index contributed by atoms with van der Waals surface area (Å²) in [6.07, 6.45) is 0. The zero-order valence-electron chi connectivity index (χ0n) is 10.0. The number of halogens is 1. The number of nitrogens with two attached hydrogens (primary N) is 1. The number of anilines is 1. The van der Waals surface area contributed by atoms with Gasteiger partial charge in [0.15, 0.2) is 11.6 Å². The molecule has 0 saturated carbocycles. The maximum Gasteiger partial charge on any atom is 0.165 e. The third-order valence-electron chi connectivity index (χ3n) is 2.28. The van der Waals surface area contributed by atoms with E-state index in [1.165, 1.54) is 6.07 Å². The number of rotatable bonds is 4. The van der Waals surface area contributed by atoms with Crippen LogP contribution in [0.3, 0.4) is 0 Å². The molecule has 0 spiro atoms. The van der Waals surface area contributed by atoms with E-state index < -0.39 is 5.82 Å². The topological polar surface area (TPSA) is 44.5 Å². The van der Waals surface area contributed by atoms with Gasteiger partial charge in [-0.3, -0.25) is 0 Å². The lowest BCUT2D eigenvalue weighted by atomic mass is 10.3. The molecular weight excluding hydrogens is 233 g/mol. The van der Waals surface area contributed by atoms with Gasteiger partial charge in [-0.2, -0.15) is 0 Å². The number of ether oxygens (including phenoxy) is 2. The Kier molecular flexibility index (Phi) is 3.67. The molecule has 18 heavy (non-hydrogen) atoms. The molecule has 0 fully saturated rings. The molecule has 0 aliphatic rings. The fraction of sp³-hybridized carbons (Fsp3) is 0.143. The fourth-order valence-electron chi connectivity index (χ4n) is 1.56. The molecule has 2 aromatic carbocycles. The molecule has 0 radical (unpaired) electrons. The van der Waals surface area contributed by atoms with Crippen LogP contribution in [0.2, 0.25) is 0 Å². The Morgan fingerprint density at radius 2 is 1.83 bits per heavy atom. The van der Waals surface area contributed by atoms with E-state index >= 15 is 0 Å². The summed E-state index contributed by atoms with van der Waals surface area (Å²) in [5, 5.41) is 0. The molecule has 2 rings (SSSR count). The molecule has 0 aromatic heterocycles. The van der Waals surface area contributed by atoms with Crippen LogP contribution in [-0.4, -0.2) is 6.61 Å². The van der Waals surface area contributed by atoms with Crippen LogP contribution in [0.4, 0.5) is 10.1 Å². The van der Waals surface area contributed by atoms with E-state index in [-0.39, 0.29) is 5.75 Å². The minimum atomic E-state index is -0.419. The van der Waals surface area contributed by atoms with Gasteiger partial charge in [-0.25, -0.2) is 4.39 Å². The Bertz CT molecular complexity index is 543. The summed E-state index contributed by atoms with van der Waals surface area (Å²) in [6, 6.07) is 11.2. The number of nitrogen functional groups attached to an aromatic ring is 1. The van der Waals surface area contributed by atoms with Crippen molar-refractivity contribution in [1.29, 1.82) is 0 Å². The molecule has 0 unspecified atom stereocenters. The molecule has 0 heterocycles.